The number of rotatable bonds is 5. The molecule has 0 atom stereocenters. The molecule has 2 aromatic rings. The monoisotopic (exact) mass is 245 g/mol. The molecule has 0 saturated heterocycles. The van der Waals surface area contributed by atoms with Crippen LogP contribution in [-0.2, 0) is 7.05 Å². The van der Waals surface area contributed by atoms with Crippen LogP contribution in [0.25, 0.3) is 0 Å². The minimum Gasteiger partial charge on any atom is -0.492 e. The third-order valence-electron chi connectivity index (χ3n) is 2.64. The van der Waals surface area contributed by atoms with Gasteiger partial charge in [0.1, 0.15) is 12.4 Å². The van der Waals surface area contributed by atoms with Gasteiger partial charge >= 0.3 is 0 Å². The third-order valence-corrected chi connectivity index (χ3v) is 2.64. The van der Waals surface area contributed by atoms with Crippen LogP contribution < -0.4 is 10.1 Å². The molecule has 4 nitrogen and oxygen atoms in total. The van der Waals surface area contributed by atoms with Crippen molar-refractivity contribution in [1.82, 2.24) is 9.55 Å². The number of hydrogen-bond donors (Lipinski definition) is 1. The van der Waals surface area contributed by atoms with Crippen molar-refractivity contribution < 1.29 is 4.74 Å². The maximum absolute atomic E-state index is 5.66. The second kappa shape index (κ2) is 5.58. The van der Waals surface area contributed by atoms with E-state index in [0.717, 1.165) is 23.9 Å². The van der Waals surface area contributed by atoms with Crippen molar-refractivity contribution in [2.45, 2.75) is 13.8 Å². The molecule has 0 unspecified atom stereocenters. The lowest BCUT2D eigenvalue weighted by molar-refractivity contribution is 0.332. The van der Waals surface area contributed by atoms with Crippen molar-refractivity contribution in [3.05, 3.63) is 41.7 Å². The van der Waals surface area contributed by atoms with Crippen LogP contribution in [0.15, 0.2) is 30.5 Å². The van der Waals surface area contributed by atoms with Crippen molar-refractivity contribution in [2.75, 3.05) is 18.5 Å². The first-order valence-electron chi connectivity index (χ1n) is 6.08. The average molecular weight is 245 g/mol. The number of nitrogens with one attached hydrogen (secondary N) is 1. The minimum atomic E-state index is 0.620. The van der Waals surface area contributed by atoms with E-state index in [9.17, 15) is 0 Å². The molecule has 1 heterocycles. The fourth-order valence-electron chi connectivity index (χ4n) is 1.82. The van der Waals surface area contributed by atoms with E-state index in [0.29, 0.717) is 6.61 Å². The summed E-state index contributed by atoms with van der Waals surface area (Å²) in [5.41, 5.74) is 2.22. The van der Waals surface area contributed by atoms with Gasteiger partial charge in [-0.25, -0.2) is 4.98 Å². The number of imidazole rings is 1. The molecule has 0 saturated carbocycles. The zero-order chi connectivity index (χ0) is 13.0. The van der Waals surface area contributed by atoms with E-state index in [1.54, 1.807) is 0 Å². The highest BCUT2D eigenvalue weighted by Crippen LogP contribution is 2.12. The third kappa shape index (κ3) is 3.26. The van der Waals surface area contributed by atoms with Gasteiger partial charge in [0, 0.05) is 13.2 Å². The Morgan fingerprint density at radius 1 is 1.33 bits per heavy atom. The molecule has 0 aliphatic carbocycles. The fraction of sp³-hybridized carbons (Fsp3) is 0.357. The lowest BCUT2D eigenvalue weighted by Gasteiger charge is -2.08. The first-order valence-corrected chi connectivity index (χ1v) is 6.08. The van der Waals surface area contributed by atoms with E-state index in [2.05, 4.69) is 23.3 Å². The summed E-state index contributed by atoms with van der Waals surface area (Å²) in [7, 11) is 1.98. The number of hydrogen-bond acceptors (Lipinski definition) is 3. The van der Waals surface area contributed by atoms with Crippen molar-refractivity contribution in [3.8, 4) is 5.75 Å². The Morgan fingerprint density at radius 2 is 2.17 bits per heavy atom. The Bertz CT molecular complexity index is 520. The van der Waals surface area contributed by atoms with Crippen LogP contribution >= 0.6 is 0 Å². The highest BCUT2D eigenvalue weighted by Gasteiger charge is 2.00. The predicted octanol–water partition coefficient (Wildman–Crippen LogP) is 2.53. The Kier molecular flexibility index (Phi) is 3.87. The zero-order valence-electron chi connectivity index (χ0n) is 11.1. The highest BCUT2D eigenvalue weighted by atomic mass is 16.5. The molecule has 0 amide bonds. The van der Waals surface area contributed by atoms with Gasteiger partial charge < -0.3 is 14.6 Å². The summed E-state index contributed by atoms with van der Waals surface area (Å²) in [6, 6.07) is 8.06. The number of benzene rings is 1. The SMILES string of the molecule is Cc1cccc(OCCNc2nc(C)cn2C)c1. The van der Waals surface area contributed by atoms with Crippen LogP contribution in [0.4, 0.5) is 5.95 Å². The lowest BCUT2D eigenvalue weighted by atomic mass is 10.2. The van der Waals surface area contributed by atoms with Gasteiger partial charge in [-0.15, -0.1) is 0 Å². The van der Waals surface area contributed by atoms with Crippen molar-refractivity contribution in [1.29, 1.82) is 0 Å². The van der Waals surface area contributed by atoms with Gasteiger partial charge in [-0.05, 0) is 31.5 Å². The number of aromatic nitrogens is 2. The highest BCUT2D eigenvalue weighted by molar-refractivity contribution is 5.29. The molecule has 2 rings (SSSR count). The number of aryl methyl sites for hydroxylation is 3. The fourth-order valence-corrected chi connectivity index (χ4v) is 1.82. The molecule has 4 heteroatoms. The number of ether oxygens (including phenoxy) is 1. The van der Waals surface area contributed by atoms with Crippen LogP contribution in [0.2, 0.25) is 0 Å². The molecule has 18 heavy (non-hydrogen) atoms. The van der Waals surface area contributed by atoms with Crippen LogP contribution in [0.3, 0.4) is 0 Å². The summed E-state index contributed by atoms with van der Waals surface area (Å²) in [4.78, 5) is 4.37. The molecular weight excluding hydrogens is 226 g/mol. The van der Waals surface area contributed by atoms with Gasteiger partial charge in [0.25, 0.3) is 0 Å². The van der Waals surface area contributed by atoms with E-state index in [1.165, 1.54) is 5.56 Å². The summed E-state index contributed by atoms with van der Waals surface area (Å²) in [5, 5.41) is 3.25. The Balaban J connectivity index is 1.78. The average Bonchev–Trinajstić information content (AvgIpc) is 2.64. The normalized spacial score (nSPS) is 10.4. The second-order valence-corrected chi connectivity index (χ2v) is 4.41. The van der Waals surface area contributed by atoms with E-state index in [-0.39, 0.29) is 0 Å². The predicted molar refractivity (Wildman–Crippen MR) is 73.1 cm³/mol. The molecule has 96 valence electrons. The summed E-state index contributed by atoms with van der Waals surface area (Å²) < 4.78 is 7.63. The van der Waals surface area contributed by atoms with Crippen LogP contribution in [0.1, 0.15) is 11.3 Å². The Morgan fingerprint density at radius 3 is 2.83 bits per heavy atom. The van der Waals surface area contributed by atoms with Gasteiger partial charge in [0.05, 0.1) is 12.2 Å². The molecule has 0 radical (unpaired) electrons. The largest absolute Gasteiger partial charge is 0.492 e. The number of nitrogens with zero attached hydrogens (tertiary/aromatic N) is 2. The first kappa shape index (κ1) is 12.5. The van der Waals surface area contributed by atoms with E-state index < -0.39 is 0 Å². The second-order valence-electron chi connectivity index (χ2n) is 4.41. The van der Waals surface area contributed by atoms with E-state index in [1.807, 2.05) is 42.9 Å². The van der Waals surface area contributed by atoms with Crippen LogP contribution in [-0.4, -0.2) is 22.7 Å². The Labute approximate surface area is 108 Å². The molecule has 0 fully saturated rings. The minimum absolute atomic E-state index is 0.620. The van der Waals surface area contributed by atoms with Crippen LogP contribution in [0, 0.1) is 13.8 Å². The molecular formula is C14H19N3O. The summed E-state index contributed by atoms with van der Waals surface area (Å²) >= 11 is 0. The smallest absolute Gasteiger partial charge is 0.202 e. The molecule has 1 aromatic heterocycles. The Hall–Kier alpha value is -1.97. The zero-order valence-corrected chi connectivity index (χ0v) is 11.1. The van der Waals surface area contributed by atoms with Crippen molar-refractivity contribution >= 4 is 5.95 Å². The molecule has 1 N–H and O–H groups in total. The van der Waals surface area contributed by atoms with Gasteiger partial charge in [-0.3, -0.25) is 0 Å². The molecule has 0 bridgehead atoms. The molecule has 0 aliphatic heterocycles. The molecule has 0 spiro atoms. The molecule has 0 aliphatic rings. The standard InChI is InChI=1S/C14H19N3O/c1-11-5-4-6-13(9-11)18-8-7-15-14-16-12(2)10-17(14)3/h4-6,9-10H,7-8H2,1-3H3,(H,15,16). The number of anilines is 1. The quantitative estimate of drug-likeness (QED) is 0.823. The van der Waals surface area contributed by atoms with E-state index in [4.69, 9.17) is 4.74 Å². The maximum atomic E-state index is 5.66. The van der Waals surface area contributed by atoms with Crippen LogP contribution in [0.5, 0.6) is 5.75 Å². The molecule has 1 aromatic carbocycles. The summed E-state index contributed by atoms with van der Waals surface area (Å²) in [6.45, 7) is 5.39. The van der Waals surface area contributed by atoms with Crippen molar-refractivity contribution in [2.24, 2.45) is 7.05 Å². The van der Waals surface area contributed by atoms with Gasteiger partial charge in [0.15, 0.2) is 0 Å². The summed E-state index contributed by atoms with van der Waals surface area (Å²) in [5.74, 6) is 1.79. The maximum Gasteiger partial charge on any atom is 0.202 e. The van der Waals surface area contributed by atoms with Gasteiger partial charge in [0.2, 0.25) is 5.95 Å². The van der Waals surface area contributed by atoms with Gasteiger partial charge in [-0.1, -0.05) is 12.1 Å². The topological polar surface area (TPSA) is 39.1 Å². The lowest BCUT2D eigenvalue weighted by Crippen LogP contribution is -2.13. The van der Waals surface area contributed by atoms with Gasteiger partial charge in [-0.2, -0.15) is 0 Å². The van der Waals surface area contributed by atoms with Crippen molar-refractivity contribution in [3.63, 3.8) is 0 Å². The summed E-state index contributed by atoms with van der Waals surface area (Å²) in [6.07, 6.45) is 1.99. The first-order chi connectivity index (χ1) is 8.65. The van der Waals surface area contributed by atoms with E-state index >= 15 is 0 Å².